The minimum Gasteiger partial charge on any atom is -0.378 e. The molecule has 0 aliphatic heterocycles. The lowest BCUT2D eigenvalue weighted by Gasteiger charge is -2.14. The van der Waals surface area contributed by atoms with Gasteiger partial charge in [-0.1, -0.05) is 6.92 Å². The standard InChI is InChI=1S/C11H19N3O2/c1-5-9(16-4)11-13-8(7-15-3)6-10(12-2)14-11/h6,9H,5,7H2,1-4H3,(H,12,13,14). The minimum absolute atomic E-state index is 0.0658. The van der Waals surface area contributed by atoms with Gasteiger partial charge in [-0.3, -0.25) is 0 Å². The van der Waals surface area contributed by atoms with Crippen molar-refractivity contribution in [3.05, 3.63) is 17.6 Å². The van der Waals surface area contributed by atoms with Crippen LogP contribution in [-0.4, -0.2) is 31.2 Å². The first-order chi connectivity index (χ1) is 7.74. The van der Waals surface area contributed by atoms with E-state index < -0.39 is 0 Å². The second kappa shape index (κ2) is 6.40. The molecule has 16 heavy (non-hydrogen) atoms. The van der Waals surface area contributed by atoms with E-state index in [1.54, 1.807) is 14.2 Å². The summed E-state index contributed by atoms with van der Waals surface area (Å²) in [6.07, 6.45) is 0.778. The topological polar surface area (TPSA) is 56.3 Å². The summed E-state index contributed by atoms with van der Waals surface area (Å²) in [6.45, 7) is 2.52. The van der Waals surface area contributed by atoms with Gasteiger partial charge in [0.05, 0.1) is 12.3 Å². The molecular formula is C11H19N3O2. The quantitative estimate of drug-likeness (QED) is 0.799. The van der Waals surface area contributed by atoms with E-state index in [1.807, 2.05) is 20.0 Å². The van der Waals surface area contributed by atoms with E-state index >= 15 is 0 Å². The summed E-state index contributed by atoms with van der Waals surface area (Å²) in [4.78, 5) is 8.79. The molecule has 0 aromatic carbocycles. The van der Waals surface area contributed by atoms with Gasteiger partial charge in [0.1, 0.15) is 11.9 Å². The van der Waals surface area contributed by atoms with Gasteiger partial charge in [0.2, 0.25) is 0 Å². The van der Waals surface area contributed by atoms with Crippen molar-refractivity contribution in [2.45, 2.75) is 26.1 Å². The molecule has 0 fully saturated rings. The zero-order valence-electron chi connectivity index (χ0n) is 10.3. The molecule has 0 spiro atoms. The summed E-state index contributed by atoms with van der Waals surface area (Å²) in [5, 5.41) is 3.01. The number of nitrogens with one attached hydrogen (secondary N) is 1. The summed E-state index contributed by atoms with van der Waals surface area (Å²) in [5.41, 5.74) is 0.854. The molecule has 1 rings (SSSR count). The van der Waals surface area contributed by atoms with E-state index in [1.165, 1.54) is 0 Å². The number of ether oxygens (including phenoxy) is 2. The molecule has 1 N–H and O–H groups in total. The maximum atomic E-state index is 5.32. The van der Waals surface area contributed by atoms with Gasteiger partial charge in [-0.05, 0) is 6.42 Å². The van der Waals surface area contributed by atoms with Crippen molar-refractivity contribution >= 4 is 5.82 Å². The van der Waals surface area contributed by atoms with E-state index in [4.69, 9.17) is 9.47 Å². The average Bonchev–Trinajstić information content (AvgIpc) is 2.31. The van der Waals surface area contributed by atoms with E-state index in [-0.39, 0.29) is 6.10 Å². The maximum Gasteiger partial charge on any atom is 0.159 e. The van der Waals surface area contributed by atoms with Crippen LogP contribution in [0.4, 0.5) is 5.82 Å². The number of hydrogen-bond acceptors (Lipinski definition) is 5. The summed E-state index contributed by atoms with van der Waals surface area (Å²) in [7, 11) is 5.14. The van der Waals surface area contributed by atoms with Crippen molar-refractivity contribution in [3.8, 4) is 0 Å². The van der Waals surface area contributed by atoms with Crippen molar-refractivity contribution < 1.29 is 9.47 Å². The fourth-order valence-corrected chi connectivity index (χ4v) is 1.47. The predicted octanol–water partition coefficient (Wildman–Crippen LogP) is 1.76. The zero-order chi connectivity index (χ0) is 12.0. The van der Waals surface area contributed by atoms with Gasteiger partial charge in [-0.25, -0.2) is 9.97 Å². The summed E-state index contributed by atoms with van der Waals surface area (Å²) in [6, 6.07) is 1.87. The van der Waals surface area contributed by atoms with Crippen molar-refractivity contribution in [2.75, 3.05) is 26.6 Å². The van der Waals surface area contributed by atoms with Crippen molar-refractivity contribution in [1.82, 2.24) is 9.97 Å². The highest BCUT2D eigenvalue weighted by atomic mass is 16.5. The lowest BCUT2D eigenvalue weighted by atomic mass is 10.2. The van der Waals surface area contributed by atoms with Gasteiger partial charge in [0.15, 0.2) is 5.82 Å². The van der Waals surface area contributed by atoms with Gasteiger partial charge in [0, 0.05) is 27.3 Å². The number of hydrogen-bond donors (Lipinski definition) is 1. The Morgan fingerprint density at radius 1 is 1.38 bits per heavy atom. The van der Waals surface area contributed by atoms with E-state index in [9.17, 15) is 0 Å². The molecule has 1 unspecified atom stereocenters. The molecule has 0 saturated heterocycles. The van der Waals surface area contributed by atoms with Crippen molar-refractivity contribution in [1.29, 1.82) is 0 Å². The van der Waals surface area contributed by atoms with Crippen LogP contribution in [0.25, 0.3) is 0 Å². The molecular weight excluding hydrogens is 206 g/mol. The van der Waals surface area contributed by atoms with Crippen LogP contribution in [0, 0.1) is 0 Å². The second-order valence-corrected chi connectivity index (χ2v) is 3.42. The molecule has 1 aromatic heterocycles. The zero-order valence-corrected chi connectivity index (χ0v) is 10.3. The third-order valence-corrected chi connectivity index (χ3v) is 2.29. The Morgan fingerprint density at radius 2 is 2.12 bits per heavy atom. The van der Waals surface area contributed by atoms with Crippen molar-refractivity contribution in [2.24, 2.45) is 0 Å². The molecule has 5 nitrogen and oxygen atoms in total. The number of anilines is 1. The Labute approximate surface area is 96.2 Å². The van der Waals surface area contributed by atoms with E-state index in [0.29, 0.717) is 12.4 Å². The molecule has 0 radical (unpaired) electrons. The molecule has 0 saturated carbocycles. The molecule has 5 heteroatoms. The van der Waals surface area contributed by atoms with Crippen LogP contribution in [0.3, 0.4) is 0 Å². The van der Waals surface area contributed by atoms with E-state index in [0.717, 1.165) is 17.9 Å². The van der Waals surface area contributed by atoms with Crippen LogP contribution in [0.2, 0.25) is 0 Å². The Morgan fingerprint density at radius 3 is 2.62 bits per heavy atom. The monoisotopic (exact) mass is 225 g/mol. The van der Waals surface area contributed by atoms with Crippen LogP contribution in [0.15, 0.2) is 6.07 Å². The number of nitrogens with zero attached hydrogens (tertiary/aromatic N) is 2. The first-order valence-corrected chi connectivity index (χ1v) is 5.32. The number of aromatic nitrogens is 2. The largest absolute Gasteiger partial charge is 0.378 e. The molecule has 0 amide bonds. The minimum atomic E-state index is -0.0658. The second-order valence-electron chi connectivity index (χ2n) is 3.42. The van der Waals surface area contributed by atoms with Crippen LogP contribution in [0.5, 0.6) is 0 Å². The molecule has 0 aliphatic carbocycles. The number of methoxy groups -OCH3 is 2. The smallest absolute Gasteiger partial charge is 0.159 e. The average molecular weight is 225 g/mol. The van der Waals surface area contributed by atoms with Gasteiger partial charge >= 0.3 is 0 Å². The third-order valence-electron chi connectivity index (χ3n) is 2.29. The fraction of sp³-hybridized carbons (Fsp3) is 0.636. The molecule has 90 valence electrons. The van der Waals surface area contributed by atoms with Gasteiger partial charge in [-0.2, -0.15) is 0 Å². The maximum absolute atomic E-state index is 5.32. The normalized spacial score (nSPS) is 12.5. The Hall–Kier alpha value is -1.20. The summed E-state index contributed by atoms with van der Waals surface area (Å²) in [5.74, 6) is 1.48. The molecule has 1 heterocycles. The van der Waals surface area contributed by atoms with Crippen LogP contribution in [-0.2, 0) is 16.1 Å². The van der Waals surface area contributed by atoms with Crippen molar-refractivity contribution in [3.63, 3.8) is 0 Å². The van der Waals surface area contributed by atoms with Crippen LogP contribution in [0.1, 0.15) is 31.0 Å². The first kappa shape index (κ1) is 12.9. The third kappa shape index (κ3) is 3.15. The lowest BCUT2D eigenvalue weighted by molar-refractivity contribution is 0.0918. The SMILES string of the molecule is CCC(OC)c1nc(COC)cc(NC)n1. The number of rotatable bonds is 6. The first-order valence-electron chi connectivity index (χ1n) is 5.32. The Balaban J connectivity index is 3.02. The highest BCUT2D eigenvalue weighted by Gasteiger charge is 2.13. The molecule has 0 bridgehead atoms. The summed E-state index contributed by atoms with van der Waals surface area (Å²) < 4.78 is 10.4. The van der Waals surface area contributed by atoms with Gasteiger partial charge in [0.25, 0.3) is 0 Å². The fourth-order valence-electron chi connectivity index (χ4n) is 1.47. The molecule has 1 aromatic rings. The Bertz CT molecular complexity index is 327. The molecule has 1 atom stereocenters. The Kier molecular flexibility index (Phi) is 5.14. The van der Waals surface area contributed by atoms with Crippen LogP contribution < -0.4 is 5.32 Å². The lowest BCUT2D eigenvalue weighted by Crippen LogP contribution is -2.10. The van der Waals surface area contributed by atoms with E-state index in [2.05, 4.69) is 15.3 Å². The highest BCUT2D eigenvalue weighted by molar-refractivity contribution is 5.35. The molecule has 0 aliphatic rings. The van der Waals surface area contributed by atoms with Gasteiger partial charge in [-0.15, -0.1) is 0 Å². The van der Waals surface area contributed by atoms with Gasteiger partial charge < -0.3 is 14.8 Å². The van der Waals surface area contributed by atoms with Crippen LogP contribution >= 0.6 is 0 Å². The predicted molar refractivity (Wildman–Crippen MR) is 62.3 cm³/mol. The summed E-state index contributed by atoms with van der Waals surface area (Å²) >= 11 is 0. The highest BCUT2D eigenvalue weighted by Crippen LogP contribution is 2.18.